The van der Waals surface area contributed by atoms with Crippen LogP contribution < -0.4 is 0 Å². The van der Waals surface area contributed by atoms with Crippen LogP contribution in [0.4, 0.5) is 17.6 Å². The lowest BCUT2D eigenvalue weighted by Crippen LogP contribution is -1.88. The molecule has 4 rings (SSSR count). The van der Waals surface area contributed by atoms with Crippen molar-refractivity contribution in [2.24, 2.45) is 0 Å². The first kappa shape index (κ1) is 24.4. The normalized spacial score (nSPS) is 10.5. The SMILES string of the molecule is Fc1cnc(Cl)cc1-c1ccc(C(F)F)cc1.O=Cc1ccc(-c2cc(Cl)ncc2F)cc1. The van der Waals surface area contributed by atoms with Gasteiger partial charge < -0.3 is 0 Å². The predicted octanol–water partition coefficient (Wildman–Crippen LogP) is 7.83. The van der Waals surface area contributed by atoms with E-state index in [1.54, 1.807) is 24.3 Å². The minimum absolute atomic E-state index is 0.102. The average Bonchev–Trinajstić information content (AvgIpc) is 2.83. The molecule has 0 spiro atoms. The summed E-state index contributed by atoms with van der Waals surface area (Å²) >= 11 is 11.3. The Kier molecular flexibility index (Phi) is 8.14. The maximum Gasteiger partial charge on any atom is 0.263 e. The minimum Gasteiger partial charge on any atom is -0.298 e. The van der Waals surface area contributed by atoms with Gasteiger partial charge in [-0.1, -0.05) is 71.7 Å². The average molecular weight is 493 g/mol. The standard InChI is InChI=1S/C12H7ClF3N.C12H7ClFNO/c13-11-5-9(10(14)6-17-11)7-1-3-8(4-2-7)12(15)16;13-12-5-10(11(14)6-15-12)9-3-1-8(7-16)2-4-9/h1-6,12H;1-7H. The summed E-state index contributed by atoms with van der Waals surface area (Å²) in [5.41, 5.74) is 2.20. The largest absolute Gasteiger partial charge is 0.298 e. The number of carbonyl (C=O) groups is 1. The summed E-state index contributed by atoms with van der Waals surface area (Å²) in [6.45, 7) is 0. The molecule has 4 aromatic rings. The Hall–Kier alpha value is -3.29. The molecule has 0 aliphatic heterocycles. The second-order valence-corrected chi connectivity index (χ2v) is 7.41. The number of rotatable bonds is 4. The quantitative estimate of drug-likeness (QED) is 0.165. The van der Waals surface area contributed by atoms with Crippen molar-refractivity contribution in [1.29, 1.82) is 0 Å². The highest BCUT2D eigenvalue weighted by atomic mass is 35.5. The first-order valence-corrected chi connectivity index (χ1v) is 10.1. The lowest BCUT2D eigenvalue weighted by molar-refractivity contribution is 0.112. The number of aromatic nitrogens is 2. The first-order chi connectivity index (χ1) is 15.8. The van der Waals surface area contributed by atoms with Crippen LogP contribution in [0.2, 0.25) is 10.3 Å². The van der Waals surface area contributed by atoms with Gasteiger partial charge in [0.05, 0.1) is 12.4 Å². The highest BCUT2D eigenvalue weighted by Crippen LogP contribution is 2.27. The molecule has 9 heteroatoms. The van der Waals surface area contributed by atoms with E-state index in [0.717, 1.165) is 18.7 Å². The van der Waals surface area contributed by atoms with Gasteiger partial charge in [-0.2, -0.15) is 0 Å². The summed E-state index contributed by atoms with van der Waals surface area (Å²) in [7, 11) is 0. The summed E-state index contributed by atoms with van der Waals surface area (Å²) in [6.07, 6.45) is 0.277. The van der Waals surface area contributed by atoms with Crippen molar-refractivity contribution >= 4 is 29.5 Å². The number of hydrogen-bond acceptors (Lipinski definition) is 3. The summed E-state index contributed by atoms with van der Waals surface area (Å²) in [5.74, 6) is -0.984. The van der Waals surface area contributed by atoms with E-state index in [9.17, 15) is 22.4 Å². The topological polar surface area (TPSA) is 42.9 Å². The fourth-order valence-corrected chi connectivity index (χ4v) is 3.13. The van der Waals surface area contributed by atoms with Crippen molar-refractivity contribution in [2.45, 2.75) is 6.43 Å². The Morgan fingerprint density at radius 3 is 1.55 bits per heavy atom. The molecule has 3 nitrogen and oxygen atoms in total. The molecule has 0 N–H and O–H groups in total. The number of carbonyl (C=O) groups excluding carboxylic acids is 1. The van der Waals surface area contributed by atoms with Crippen molar-refractivity contribution in [3.8, 4) is 22.3 Å². The number of hydrogen-bond donors (Lipinski definition) is 0. The van der Waals surface area contributed by atoms with Crippen molar-refractivity contribution in [3.63, 3.8) is 0 Å². The van der Waals surface area contributed by atoms with Crippen LogP contribution in [0.3, 0.4) is 0 Å². The molecule has 0 amide bonds. The molecule has 0 fully saturated rings. The van der Waals surface area contributed by atoms with Gasteiger partial charge in [0.15, 0.2) is 0 Å². The summed E-state index contributed by atoms with van der Waals surface area (Å²) in [6, 6.07) is 14.7. The van der Waals surface area contributed by atoms with Crippen LogP contribution in [-0.2, 0) is 0 Å². The maximum atomic E-state index is 13.4. The highest BCUT2D eigenvalue weighted by molar-refractivity contribution is 6.29. The van der Waals surface area contributed by atoms with Crippen LogP contribution in [0.25, 0.3) is 22.3 Å². The highest BCUT2D eigenvalue weighted by Gasteiger charge is 2.10. The molecule has 168 valence electrons. The second-order valence-electron chi connectivity index (χ2n) is 6.64. The first-order valence-electron chi connectivity index (χ1n) is 9.34. The molecular formula is C24H14Cl2F4N2O. The van der Waals surface area contributed by atoms with Gasteiger partial charge in [-0.3, -0.25) is 4.79 Å². The molecule has 2 aromatic carbocycles. The number of pyridine rings is 2. The zero-order chi connectivity index (χ0) is 24.0. The van der Waals surface area contributed by atoms with E-state index in [1.807, 2.05) is 0 Å². The lowest BCUT2D eigenvalue weighted by Gasteiger charge is -2.05. The fourth-order valence-electron chi connectivity index (χ4n) is 2.82. The molecule has 0 saturated heterocycles. The molecular weight excluding hydrogens is 479 g/mol. The molecule has 0 unspecified atom stereocenters. The minimum atomic E-state index is -2.53. The molecule has 0 saturated carbocycles. The molecule has 0 radical (unpaired) electrons. The van der Waals surface area contributed by atoms with Crippen LogP contribution >= 0.6 is 23.2 Å². The maximum absolute atomic E-state index is 13.4. The van der Waals surface area contributed by atoms with Gasteiger partial charge in [0.25, 0.3) is 6.43 Å². The van der Waals surface area contributed by atoms with Crippen molar-refractivity contribution in [3.05, 3.63) is 106 Å². The van der Waals surface area contributed by atoms with Gasteiger partial charge >= 0.3 is 0 Å². The summed E-state index contributed by atoms with van der Waals surface area (Å²) in [5, 5.41) is 0.384. The Labute approximate surface area is 196 Å². The third-order valence-electron chi connectivity index (χ3n) is 4.48. The van der Waals surface area contributed by atoms with Gasteiger partial charge in [0, 0.05) is 22.3 Å². The molecule has 33 heavy (non-hydrogen) atoms. The van der Waals surface area contributed by atoms with Crippen molar-refractivity contribution in [2.75, 3.05) is 0 Å². The Morgan fingerprint density at radius 1 is 0.727 bits per heavy atom. The van der Waals surface area contributed by atoms with Crippen molar-refractivity contribution < 1.29 is 22.4 Å². The van der Waals surface area contributed by atoms with Gasteiger partial charge in [0.2, 0.25) is 0 Å². The van der Waals surface area contributed by atoms with E-state index in [1.165, 1.54) is 36.4 Å². The Morgan fingerprint density at radius 2 is 1.15 bits per heavy atom. The summed E-state index contributed by atoms with van der Waals surface area (Å²) < 4.78 is 51.6. The number of benzene rings is 2. The molecule has 0 aliphatic rings. The van der Waals surface area contributed by atoms with Crippen molar-refractivity contribution in [1.82, 2.24) is 9.97 Å². The van der Waals surface area contributed by atoms with E-state index in [-0.39, 0.29) is 21.4 Å². The lowest BCUT2D eigenvalue weighted by atomic mass is 10.0. The molecule has 2 aromatic heterocycles. The molecule has 0 atom stereocenters. The van der Waals surface area contributed by atoms with Gasteiger partial charge in [0.1, 0.15) is 28.2 Å². The second kappa shape index (κ2) is 11.0. The van der Waals surface area contributed by atoms with Crippen LogP contribution in [0.5, 0.6) is 0 Å². The fraction of sp³-hybridized carbons (Fsp3) is 0.0417. The Balaban J connectivity index is 0.000000186. The number of nitrogens with zero attached hydrogens (tertiary/aromatic N) is 2. The monoisotopic (exact) mass is 492 g/mol. The van der Waals surface area contributed by atoms with E-state index < -0.39 is 18.1 Å². The molecule has 0 aliphatic carbocycles. The van der Waals surface area contributed by atoms with Gasteiger partial charge in [-0.25, -0.2) is 27.5 Å². The van der Waals surface area contributed by atoms with Gasteiger partial charge in [-0.15, -0.1) is 0 Å². The predicted molar refractivity (Wildman–Crippen MR) is 120 cm³/mol. The van der Waals surface area contributed by atoms with Crippen LogP contribution in [0, 0.1) is 11.6 Å². The third-order valence-corrected chi connectivity index (χ3v) is 4.89. The van der Waals surface area contributed by atoms with Crippen LogP contribution in [0.15, 0.2) is 73.1 Å². The Bertz CT molecular complexity index is 1250. The van der Waals surface area contributed by atoms with Crippen LogP contribution in [-0.4, -0.2) is 16.3 Å². The van der Waals surface area contributed by atoms with E-state index in [4.69, 9.17) is 23.2 Å². The smallest absolute Gasteiger partial charge is 0.263 e. The van der Waals surface area contributed by atoms with E-state index in [0.29, 0.717) is 22.3 Å². The number of halogens is 6. The van der Waals surface area contributed by atoms with Gasteiger partial charge in [-0.05, 0) is 23.3 Å². The third kappa shape index (κ3) is 6.37. The van der Waals surface area contributed by atoms with Crippen LogP contribution in [0.1, 0.15) is 22.3 Å². The zero-order valence-corrected chi connectivity index (χ0v) is 18.2. The summed E-state index contributed by atoms with van der Waals surface area (Å²) in [4.78, 5) is 17.7. The number of alkyl halides is 2. The van der Waals surface area contributed by atoms with E-state index in [2.05, 4.69) is 9.97 Å². The number of aldehydes is 1. The molecule has 0 bridgehead atoms. The molecule has 2 heterocycles. The van der Waals surface area contributed by atoms with E-state index >= 15 is 0 Å². The zero-order valence-electron chi connectivity index (χ0n) is 16.7.